The van der Waals surface area contributed by atoms with Crippen LogP contribution in [0, 0.1) is 0 Å². The van der Waals surface area contributed by atoms with E-state index in [1.165, 1.54) is 113 Å². The second kappa shape index (κ2) is 14.9. The van der Waals surface area contributed by atoms with Gasteiger partial charge in [0.1, 0.15) is 0 Å². The number of anilines is 3. The lowest BCUT2D eigenvalue weighted by atomic mass is 9.34. The Morgan fingerprint density at radius 3 is 1.59 bits per heavy atom. The van der Waals surface area contributed by atoms with Gasteiger partial charge in [-0.25, -0.2) is 0 Å². The smallest absolute Gasteiger partial charge is 0.249 e. The van der Waals surface area contributed by atoms with Gasteiger partial charge in [-0.05, 0) is 87.0 Å². The number of nitrogens with zero attached hydrogens (tertiary/aromatic N) is 1. The molecule has 3 heteroatoms. The van der Waals surface area contributed by atoms with Crippen LogP contribution in [-0.4, -0.2) is 6.71 Å². The highest BCUT2D eigenvalue weighted by atomic mass is 32.2. The molecule has 10 rings (SSSR count). The van der Waals surface area contributed by atoms with Gasteiger partial charge in [-0.2, -0.15) is 0 Å². The molecular weight excluding hydrogens is 693 g/mol. The molecule has 1 nitrogen and oxygen atoms in total. The van der Waals surface area contributed by atoms with E-state index in [0.29, 0.717) is 0 Å². The van der Waals surface area contributed by atoms with Crippen molar-refractivity contribution in [2.24, 2.45) is 0 Å². The van der Waals surface area contributed by atoms with E-state index in [-0.39, 0.29) is 6.71 Å². The SMILES string of the molecule is CCCCCc1cc2c3c(c1)N(c1c(-c4ccccc4)cccc1-c1ccccc1)c1ccc(-c4ccccc4)cc1B3c1cc(-c3ccccc3)ccc1S2. The molecule has 0 unspecified atom stereocenters. The van der Waals surface area contributed by atoms with E-state index in [0.717, 1.165) is 6.42 Å². The molecule has 0 bridgehead atoms. The molecular formula is C53H42BNS. The molecule has 0 fully saturated rings. The van der Waals surface area contributed by atoms with Crippen LogP contribution in [0.5, 0.6) is 0 Å². The van der Waals surface area contributed by atoms with Gasteiger partial charge in [-0.1, -0.05) is 201 Å². The van der Waals surface area contributed by atoms with Crippen LogP contribution < -0.4 is 21.3 Å². The fourth-order valence-electron chi connectivity index (χ4n) is 8.88. The first-order valence-corrected chi connectivity index (χ1v) is 20.8. The Hall–Kier alpha value is -6.03. The molecule has 56 heavy (non-hydrogen) atoms. The third kappa shape index (κ3) is 6.17. The van der Waals surface area contributed by atoms with Gasteiger partial charge in [0.2, 0.25) is 6.71 Å². The topological polar surface area (TPSA) is 3.24 Å². The predicted molar refractivity (Wildman–Crippen MR) is 241 cm³/mol. The largest absolute Gasteiger partial charge is 0.310 e. The van der Waals surface area contributed by atoms with Crippen LogP contribution in [0.2, 0.25) is 0 Å². The Bertz CT molecular complexity index is 2620. The van der Waals surface area contributed by atoms with Crippen LogP contribution in [0.4, 0.5) is 17.1 Å². The molecule has 8 aromatic rings. The lowest BCUT2D eigenvalue weighted by molar-refractivity contribution is 0.717. The van der Waals surface area contributed by atoms with Crippen molar-refractivity contribution in [1.29, 1.82) is 0 Å². The molecule has 0 atom stereocenters. The number of rotatable bonds is 9. The molecule has 0 amide bonds. The third-order valence-electron chi connectivity index (χ3n) is 11.5. The summed E-state index contributed by atoms with van der Waals surface area (Å²) in [6, 6.07) is 70.0. The molecule has 268 valence electrons. The first-order valence-electron chi connectivity index (χ1n) is 20.0. The van der Waals surface area contributed by atoms with Crippen molar-refractivity contribution in [1.82, 2.24) is 0 Å². The van der Waals surface area contributed by atoms with Gasteiger partial charge >= 0.3 is 0 Å². The minimum absolute atomic E-state index is 0.0728. The van der Waals surface area contributed by atoms with Gasteiger partial charge < -0.3 is 4.90 Å². The molecule has 0 aromatic heterocycles. The maximum absolute atomic E-state index is 2.64. The van der Waals surface area contributed by atoms with Crippen LogP contribution >= 0.6 is 11.8 Å². The highest BCUT2D eigenvalue weighted by Crippen LogP contribution is 2.49. The van der Waals surface area contributed by atoms with Crippen molar-refractivity contribution in [2.75, 3.05) is 4.90 Å². The quantitative estimate of drug-likeness (QED) is 0.107. The summed E-state index contributed by atoms with van der Waals surface area (Å²) in [4.78, 5) is 5.36. The van der Waals surface area contributed by atoms with Gasteiger partial charge in [-0.3, -0.25) is 0 Å². The summed E-state index contributed by atoms with van der Waals surface area (Å²) in [6.45, 7) is 2.37. The molecule has 2 aliphatic rings. The maximum atomic E-state index is 2.64. The van der Waals surface area contributed by atoms with Crippen molar-refractivity contribution in [2.45, 2.75) is 42.4 Å². The zero-order valence-electron chi connectivity index (χ0n) is 31.7. The molecule has 0 N–H and O–H groups in total. The first kappa shape index (κ1) is 34.5. The Morgan fingerprint density at radius 1 is 0.446 bits per heavy atom. The summed E-state index contributed by atoms with van der Waals surface area (Å²) in [7, 11) is 0. The molecule has 0 radical (unpaired) electrons. The van der Waals surface area contributed by atoms with Gasteiger partial charge in [0.25, 0.3) is 0 Å². The van der Waals surface area contributed by atoms with Crippen LogP contribution in [0.3, 0.4) is 0 Å². The summed E-state index contributed by atoms with van der Waals surface area (Å²) in [5.74, 6) is 0. The monoisotopic (exact) mass is 735 g/mol. The molecule has 0 spiro atoms. The van der Waals surface area contributed by atoms with Crippen LogP contribution in [0.1, 0.15) is 31.7 Å². The highest BCUT2D eigenvalue weighted by Gasteiger charge is 2.42. The van der Waals surface area contributed by atoms with Crippen molar-refractivity contribution in [3.8, 4) is 44.5 Å². The molecule has 2 aliphatic heterocycles. The Morgan fingerprint density at radius 2 is 1.00 bits per heavy atom. The lowest BCUT2D eigenvalue weighted by Crippen LogP contribution is -2.60. The Kier molecular flexibility index (Phi) is 9.17. The fraction of sp³-hybridized carbons (Fsp3) is 0.0943. The number of hydrogen-bond donors (Lipinski definition) is 0. The van der Waals surface area contributed by atoms with Crippen molar-refractivity contribution < 1.29 is 0 Å². The van der Waals surface area contributed by atoms with E-state index < -0.39 is 0 Å². The van der Waals surface area contributed by atoms with E-state index in [1.54, 1.807) is 0 Å². The van der Waals surface area contributed by atoms with Gasteiger partial charge in [-0.15, -0.1) is 0 Å². The zero-order chi connectivity index (χ0) is 37.4. The van der Waals surface area contributed by atoms with Crippen LogP contribution in [0.25, 0.3) is 44.5 Å². The molecule has 0 saturated carbocycles. The average Bonchev–Trinajstić information content (AvgIpc) is 3.27. The molecule has 0 saturated heterocycles. The van der Waals surface area contributed by atoms with Crippen molar-refractivity contribution >= 4 is 51.9 Å². The van der Waals surface area contributed by atoms with Gasteiger partial charge in [0.05, 0.1) is 5.69 Å². The number of para-hydroxylation sites is 1. The van der Waals surface area contributed by atoms with Crippen molar-refractivity contribution in [3.63, 3.8) is 0 Å². The second-order valence-electron chi connectivity index (χ2n) is 15.0. The predicted octanol–water partition coefficient (Wildman–Crippen LogP) is 12.9. The zero-order valence-corrected chi connectivity index (χ0v) is 32.5. The lowest BCUT2D eigenvalue weighted by Gasteiger charge is -2.42. The Labute approximate surface area is 335 Å². The fourth-order valence-corrected chi connectivity index (χ4v) is 10.1. The third-order valence-corrected chi connectivity index (χ3v) is 12.7. The number of fused-ring (bicyclic) bond motifs is 4. The van der Waals surface area contributed by atoms with E-state index in [9.17, 15) is 0 Å². The number of hydrogen-bond acceptors (Lipinski definition) is 2. The number of aryl methyl sites for hydroxylation is 1. The van der Waals surface area contributed by atoms with E-state index >= 15 is 0 Å². The highest BCUT2D eigenvalue weighted by molar-refractivity contribution is 8.00. The summed E-state index contributed by atoms with van der Waals surface area (Å²) in [6.07, 6.45) is 4.70. The van der Waals surface area contributed by atoms with Gasteiger partial charge in [0, 0.05) is 32.3 Å². The first-order chi connectivity index (χ1) is 27.7. The number of benzene rings is 8. The van der Waals surface area contributed by atoms with E-state index in [2.05, 4.69) is 200 Å². The summed E-state index contributed by atoms with van der Waals surface area (Å²) >= 11 is 1.95. The van der Waals surface area contributed by atoms with E-state index in [1.807, 2.05) is 11.8 Å². The van der Waals surface area contributed by atoms with E-state index in [4.69, 9.17) is 0 Å². The maximum Gasteiger partial charge on any atom is 0.249 e. The number of unbranched alkanes of at least 4 members (excludes halogenated alkanes) is 2. The van der Waals surface area contributed by atoms with Gasteiger partial charge in [0.15, 0.2) is 0 Å². The molecule has 8 aromatic carbocycles. The van der Waals surface area contributed by atoms with Crippen molar-refractivity contribution in [3.05, 3.63) is 194 Å². The minimum Gasteiger partial charge on any atom is -0.310 e. The minimum atomic E-state index is 0.0728. The second-order valence-corrected chi connectivity index (χ2v) is 16.1. The standard InChI is InChI=1S/C53H42BNS/c1-2-3-8-18-37-33-49-52-51(34-37)56-50-32-30-43(39-21-11-5-12-22-39)36-47(50)54(52)46-35-42(38-19-9-4-10-20-38)29-31-48(46)55(49)53-44(40-23-13-6-14-24-40)27-17-28-45(53)41-25-15-7-16-26-41/h4-7,9-17,19-36H,2-3,8,18H2,1H3. The average molecular weight is 736 g/mol. The Balaban J connectivity index is 1.29. The van der Waals surface area contributed by atoms with Crippen LogP contribution in [0.15, 0.2) is 198 Å². The van der Waals surface area contributed by atoms with Crippen LogP contribution in [-0.2, 0) is 6.42 Å². The summed E-state index contributed by atoms with van der Waals surface area (Å²) < 4.78 is 0. The normalized spacial score (nSPS) is 12.5. The summed E-state index contributed by atoms with van der Waals surface area (Å²) in [5, 5.41) is 0. The molecule has 0 aliphatic carbocycles. The molecule has 2 heterocycles. The summed E-state index contributed by atoms with van der Waals surface area (Å²) in [5.41, 5.74) is 19.2.